The number of nitrogens with zero attached hydrogens (tertiary/aromatic N) is 3. The van der Waals surface area contributed by atoms with Crippen molar-refractivity contribution < 1.29 is 31.2 Å². The molecule has 0 saturated carbocycles. The fourth-order valence-electron chi connectivity index (χ4n) is 3.88. The van der Waals surface area contributed by atoms with Crippen molar-refractivity contribution in [1.82, 2.24) is 8.87 Å². The molecule has 15 heteroatoms. The van der Waals surface area contributed by atoms with Crippen molar-refractivity contribution in [2.24, 2.45) is 4.99 Å². The van der Waals surface area contributed by atoms with E-state index in [-0.39, 0.29) is 27.0 Å². The lowest BCUT2D eigenvalue weighted by molar-refractivity contribution is -0.141. The van der Waals surface area contributed by atoms with Crippen molar-refractivity contribution in [3.05, 3.63) is 39.5 Å². The molecular formula is C21H22ClN3O7S4. The van der Waals surface area contributed by atoms with E-state index in [1.807, 2.05) is 0 Å². The molecule has 1 amide bonds. The van der Waals surface area contributed by atoms with Crippen molar-refractivity contribution in [2.75, 3.05) is 19.9 Å². The smallest absolute Gasteiger partial charge is 0.325 e. The minimum Gasteiger partial charge on any atom is -0.468 e. The van der Waals surface area contributed by atoms with Gasteiger partial charge < -0.3 is 9.30 Å². The lowest BCUT2D eigenvalue weighted by Gasteiger charge is -2.31. The fourth-order valence-corrected chi connectivity index (χ4v) is 8.93. The molecule has 0 radical (unpaired) electrons. The Morgan fingerprint density at radius 1 is 1.14 bits per heavy atom. The highest BCUT2D eigenvalue weighted by molar-refractivity contribution is 7.91. The number of thiophene rings is 1. The number of aromatic nitrogens is 1. The van der Waals surface area contributed by atoms with Gasteiger partial charge in [-0.2, -0.15) is 9.30 Å². The molecule has 1 aromatic carbocycles. The second-order valence-electron chi connectivity index (χ2n) is 8.08. The summed E-state index contributed by atoms with van der Waals surface area (Å²) < 4.78 is 58.7. The summed E-state index contributed by atoms with van der Waals surface area (Å²) in [4.78, 5) is 29.9. The summed E-state index contributed by atoms with van der Waals surface area (Å²) in [5.74, 6) is -1.26. The van der Waals surface area contributed by atoms with Crippen LogP contribution >= 0.6 is 34.3 Å². The minimum atomic E-state index is -3.96. The van der Waals surface area contributed by atoms with Crippen LogP contribution in [0.3, 0.4) is 0 Å². The van der Waals surface area contributed by atoms with E-state index in [1.165, 1.54) is 42.0 Å². The zero-order valence-electron chi connectivity index (χ0n) is 19.2. The number of hydrogen-bond donors (Lipinski definition) is 0. The number of carbonyl (C=O) groups is 2. The summed E-state index contributed by atoms with van der Waals surface area (Å²) >= 11 is 7.88. The Bertz CT molecular complexity index is 1620. The molecule has 194 valence electrons. The number of benzene rings is 1. The average Bonchev–Trinajstić information content (AvgIpc) is 3.42. The van der Waals surface area contributed by atoms with Crippen LogP contribution in [0.4, 0.5) is 0 Å². The molecule has 0 N–H and O–H groups in total. The molecule has 10 nitrogen and oxygen atoms in total. The van der Waals surface area contributed by atoms with Gasteiger partial charge in [0.05, 0.1) is 26.6 Å². The van der Waals surface area contributed by atoms with E-state index in [9.17, 15) is 26.4 Å². The van der Waals surface area contributed by atoms with Gasteiger partial charge in [0.25, 0.3) is 15.9 Å². The van der Waals surface area contributed by atoms with Crippen LogP contribution in [-0.2, 0) is 40.7 Å². The van der Waals surface area contributed by atoms with Crippen molar-refractivity contribution in [1.29, 1.82) is 0 Å². The molecule has 1 aliphatic rings. The van der Waals surface area contributed by atoms with Gasteiger partial charge >= 0.3 is 5.97 Å². The van der Waals surface area contributed by atoms with Gasteiger partial charge in [0, 0.05) is 12.8 Å². The van der Waals surface area contributed by atoms with Crippen LogP contribution in [0.15, 0.2) is 44.4 Å². The van der Waals surface area contributed by atoms with E-state index >= 15 is 0 Å². The zero-order valence-corrected chi connectivity index (χ0v) is 23.2. The van der Waals surface area contributed by atoms with Crippen LogP contribution in [0.1, 0.15) is 19.3 Å². The SMILES string of the molecule is COC(=O)Cn1c(=NC(=O)C2CCCCN2S(=O)(=O)c2ccc(Cl)s2)sc2cc(S(C)(=O)=O)ccc21. The predicted molar refractivity (Wildman–Crippen MR) is 136 cm³/mol. The summed E-state index contributed by atoms with van der Waals surface area (Å²) in [6.07, 6.45) is 2.62. The van der Waals surface area contributed by atoms with Gasteiger partial charge in [-0.1, -0.05) is 29.4 Å². The quantitative estimate of drug-likeness (QED) is 0.403. The first-order valence-corrected chi connectivity index (χ1v) is 16.0. The summed E-state index contributed by atoms with van der Waals surface area (Å²) in [5.41, 5.74) is 0.491. The van der Waals surface area contributed by atoms with E-state index in [2.05, 4.69) is 4.99 Å². The van der Waals surface area contributed by atoms with Crippen molar-refractivity contribution in [3.63, 3.8) is 0 Å². The number of piperidine rings is 1. The highest BCUT2D eigenvalue weighted by Gasteiger charge is 2.38. The Balaban J connectivity index is 1.80. The number of esters is 1. The van der Waals surface area contributed by atoms with Gasteiger partial charge in [0.1, 0.15) is 16.8 Å². The van der Waals surface area contributed by atoms with Gasteiger partial charge in [0.2, 0.25) is 0 Å². The predicted octanol–water partition coefficient (Wildman–Crippen LogP) is 2.66. The Hall–Kier alpha value is -2.10. The molecule has 1 atom stereocenters. The second kappa shape index (κ2) is 10.3. The molecule has 0 spiro atoms. The molecule has 0 aliphatic carbocycles. The average molecular weight is 592 g/mol. The molecule has 0 bridgehead atoms. The number of amides is 1. The number of methoxy groups -OCH3 is 1. The van der Waals surface area contributed by atoms with Crippen molar-refractivity contribution in [3.8, 4) is 0 Å². The largest absolute Gasteiger partial charge is 0.468 e. The first-order valence-electron chi connectivity index (χ1n) is 10.7. The standard InChI is InChI=1S/C21H22ClN3O7S4/c1-32-18(26)12-24-14-7-6-13(35(2,28)29)11-16(14)33-21(24)23-20(27)15-5-3-4-10-25(15)36(30,31)19-9-8-17(22)34-19/h6-9,11,15H,3-5,10,12H2,1-2H3. The van der Waals surface area contributed by atoms with Crippen LogP contribution in [0, 0.1) is 0 Å². The normalized spacial score (nSPS) is 18.0. The summed E-state index contributed by atoms with van der Waals surface area (Å²) in [7, 11) is -6.23. The van der Waals surface area contributed by atoms with Gasteiger partial charge in [-0.15, -0.1) is 11.3 Å². The fraction of sp³-hybridized carbons (Fsp3) is 0.381. The molecule has 2 aromatic heterocycles. The first kappa shape index (κ1) is 26.9. The first-order chi connectivity index (χ1) is 16.9. The Morgan fingerprint density at radius 3 is 2.53 bits per heavy atom. The second-order valence-corrected chi connectivity index (χ2v) is 14.9. The minimum absolute atomic E-state index is 0.0446. The Labute approximate surface area is 220 Å². The maximum Gasteiger partial charge on any atom is 0.325 e. The third kappa shape index (κ3) is 5.43. The van der Waals surface area contributed by atoms with E-state index in [4.69, 9.17) is 16.3 Å². The van der Waals surface area contributed by atoms with Gasteiger partial charge in [-0.3, -0.25) is 9.59 Å². The molecule has 1 aliphatic heterocycles. The summed E-state index contributed by atoms with van der Waals surface area (Å²) in [6.45, 7) is -0.0999. The van der Waals surface area contributed by atoms with Crippen LogP contribution in [-0.4, -0.2) is 63.5 Å². The summed E-state index contributed by atoms with van der Waals surface area (Å²) in [6, 6.07) is 6.27. The molecule has 36 heavy (non-hydrogen) atoms. The van der Waals surface area contributed by atoms with Crippen molar-refractivity contribution >= 4 is 76.2 Å². The van der Waals surface area contributed by atoms with Crippen LogP contribution < -0.4 is 4.80 Å². The molecule has 1 fully saturated rings. The van der Waals surface area contributed by atoms with Crippen molar-refractivity contribution in [2.45, 2.75) is 41.0 Å². The van der Waals surface area contributed by atoms with E-state index in [0.717, 1.165) is 33.2 Å². The Morgan fingerprint density at radius 2 is 1.89 bits per heavy atom. The van der Waals surface area contributed by atoms with E-state index in [1.54, 1.807) is 0 Å². The maximum atomic E-state index is 13.4. The number of sulfone groups is 1. The number of hydrogen-bond acceptors (Lipinski definition) is 9. The molecular weight excluding hydrogens is 570 g/mol. The van der Waals surface area contributed by atoms with Crippen LogP contribution in [0.5, 0.6) is 0 Å². The lowest BCUT2D eigenvalue weighted by Crippen LogP contribution is -2.47. The van der Waals surface area contributed by atoms with Crippen LogP contribution in [0.2, 0.25) is 4.34 Å². The molecule has 3 heterocycles. The summed E-state index contributed by atoms with van der Waals surface area (Å²) in [5, 5.41) is 0. The number of fused-ring (bicyclic) bond motifs is 1. The van der Waals surface area contributed by atoms with E-state index in [0.29, 0.717) is 33.8 Å². The number of carbonyl (C=O) groups excluding carboxylic acids is 2. The van der Waals surface area contributed by atoms with E-state index < -0.39 is 37.8 Å². The van der Waals surface area contributed by atoms with Gasteiger partial charge in [0.15, 0.2) is 14.6 Å². The molecule has 3 aromatic rings. The van der Waals surface area contributed by atoms with Crippen LogP contribution in [0.25, 0.3) is 10.2 Å². The topological polar surface area (TPSA) is 132 Å². The lowest BCUT2D eigenvalue weighted by atomic mass is 10.0. The number of thiazole rings is 1. The molecule has 4 rings (SSSR count). The highest BCUT2D eigenvalue weighted by Crippen LogP contribution is 2.32. The number of sulfonamides is 1. The maximum absolute atomic E-state index is 13.4. The Kier molecular flexibility index (Phi) is 7.74. The molecule has 1 saturated heterocycles. The highest BCUT2D eigenvalue weighted by atomic mass is 35.5. The van der Waals surface area contributed by atoms with Gasteiger partial charge in [-0.25, -0.2) is 16.8 Å². The number of ether oxygens (including phenoxy) is 1. The third-order valence-electron chi connectivity index (χ3n) is 5.65. The third-order valence-corrected chi connectivity index (χ3v) is 11.4. The monoisotopic (exact) mass is 591 g/mol. The zero-order chi connectivity index (χ0) is 26.3. The number of rotatable bonds is 6. The molecule has 1 unspecified atom stereocenters. The van der Waals surface area contributed by atoms with Gasteiger partial charge in [-0.05, 0) is 43.2 Å². The number of halogens is 1.